The summed E-state index contributed by atoms with van der Waals surface area (Å²) in [5.74, 6) is 0.00455. The highest BCUT2D eigenvalue weighted by molar-refractivity contribution is 7.80. The molecule has 2 rings (SSSR count). The number of hydrogen-bond acceptors (Lipinski definition) is 4. The lowest BCUT2D eigenvalue weighted by Gasteiger charge is -2.03. The molecule has 1 aromatic carbocycles. The lowest BCUT2D eigenvalue weighted by atomic mass is 10.1. The molecule has 0 unspecified atom stereocenters. The van der Waals surface area contributed by atoms with Gasteiger partial charge in [-0.05, 0) is 17.7 Å². The predicted molar refractivity (Wildman–Crippen MR) is 71.4 cm³/mol. The zero-order valence-corrected chi connectivity index (χ0v) is 10.8. The van der Waals surface area contributed by atoms with E-state index in [-0.39, 0.29) is 5.91 Å². The van der Waals surface area contributed by atoms with Crippen LogP contribution in [0.15, 0.2) is 40.1 Å². The number of nitrogens with zero attached hydrogens (tertiary/aromatic N) is 1. The van der Waals surface area contributed by atoms with Crippen molar-refractivity contribution in [2.75, 3.05) is 0 Å². The van der Waals surface area contributed by atoms with Gasteiger partial charge >= 0.3 is 0 Å². The molecule has 1 aromatic heterocycles. The molecule has 0 saturated carbocycles. The lowest BCUT2D eigenvalue weighted by Crippen LogP contribution is -2.24. The highest BCUT2D eigenvalue weighted by atomic mass is 32.1. The van der Waals surface area contributed by atoms with Crippen LogP contribution in [0.4, 0.5) is 0 Å². The number of rotatable bonds is 4. The van der Waals surface area contributed by atoms with E-state index in [0.717, 1.165) is 16.2 Å². The Kier molecular flexibility index (Phi) is 4.17. The fourth-order valence-corrected chi connectivity index (χ4v) is 2.08. The van der Waals surface area contributed by atoms with E-state index in [4.69, 9.17) is 0 Å². The average Bonchev–Trinajstić information content (AvgIpc) is 2.83. The van der Waals surface area contributed by atoms with Crippen LogP contribution in [0.5, 0.6) is 0 Å². The zero-order chi connectivity index (χ0) is 12.1. The van der Waals surface area contributed by atoms with Crippen molar-refractivity contribution in [1.82, 2.24) is 10.3 Å². The summed E-state index contributed by atoms with van der Waals surface area (Å²) in [7, 11) is 0. The van der Waals surface area contributed by atoms with Gasteiger partial charge in [0.1, 0.15) is 0 Å². The monoisotopic (exact) mass is 264 g/mol. The third kappa shape index (κ3) is 3.87. The number of aromatic nitrogens is 1. The van der Waals surface area contributed by atoms with Gasteiger partial charge in [-0.2, -0.15) is 0 Å². The van der Waals surface area contributed by atoms with Gasteiger partial charge in [0.05, 0.1) is 24.2 Å². The van der Waals surface area contributed by atoms with Crippen LogP contribution in [0.3, 0.4) is 0 Å². The van der Waals surface area contributed by atoms with Crippen molar-refractivity contribution in [2.45, 2.75) is 17.9 Å². The molecule has 1 heterocycles. The van der Waals surface area contributed by atoms with Crippen molar-refractivity contribution < 1.29 is 4.79 Å². The molecular weight excluding hydrogens is 252 g/mol. The second kappa shape index (κ2) is 5.84. The third-order valence-corrected chi connectivity index (χ3v) is 3.18. The molecular formula is C12H12N2OS2. The van der Waals surface area contributed by atoms with E-state index in [2.05, 4.69) is 22.9 Å². The van der Waals surface area contributed by atoms with Gasteiger partial charge in [0.15, 0.2) is 0 Å². The van der Waals surface area contributed by atoms with Crippen molar-refractivity contribution in [1.29, 1.82) is 0 Å². The summed E-state index contributed by atoms with van der Waals surface area (Å²) in [6, 6.07) is 7.58. The molecule has 0 spiro atoms. The van der Waals surface area contributed by atoms with Gasteiger partial charge in [0.2, 0.25) is 5.91 Å². The second-order valence-electron chi connectivity index (χ2n) is 3.60. The van der Waals surface area contributed by atoms with Crippen LogP contribution in [0, 0.1) is 0 Å². The summed E-state index contributed by atoms with van der Waals surface area (Å²) in [6.45, 7) is 0.493. The molecule has 88 valence electrons. The minimum atomic E-state index is 0.00455. The molecule has 0 aliphatic carbocycles. The molecule has 0 aliphatic rings. The summed E-state index contributed by atoms with van der Waals surface area (Å²) < 4.78 is 0. The Morgan fingerprint density at radius 1 is 1.35 bits per heavy atom. The Labute approximate surface area is 109 Å². The zero-order valence-electron chi connectivity index (χ0n) is 9.09. The fraction of sp³-hybridized carbons (Fsp3) is 0.167. The van der Waals surface area contributed by atoms with Gasteiger partial charge in [-0.1, -0.05) is 12.1 Å². The first-order valence-electron chi connectivity index (χ1n) is 5.16. The number of benzene rings is 1. The van der Waals surface area contributed by atoms with Gasteiger partial charge in [-0.15, -0.1) is 24.0 Å². The van der Waals surface area contributed by atoms with Crippen LogP contribution < -0.4 is 5.32 Å². The van der Waals surface area contributed by atoms with Crippen molar-refractivity contribution in [3.8, 4) is 0 Å². The Bertz CT molecular complexity index is 480. The highest BCUT2D eigenvalue weighted by Gasteiger charge is 2.03. The quantitative estimate of drug-likeness (QED) is 0.832. The highest BCUT2D eigenvalue weighted by Crippen LogP contribution is 2.08. The summed E-state index contributed by atoms with van der Waals surface area (Å²) in [5.41, 5.74) is 3.64. The van der Waals surface area contributed by atoms with Crippen molar-refractivity contribution in [2.24, 2.45) is 0 Å². The Hall–Kier alpha value is -1.33. The topological polar surface area (TPSA) is 42.0 Å². The third-order valence-electron chi connectivity index (χ3n) is 2.25. The number of nitrogens with one attached hydrogen (secondary N) is 1. The first-order chi connectivity index (χ1) is 8.24. The van der Waals surface area contributed by atoms with Crippen LogP contribution in [0.1, 0.15) is 11.3 Å². The molecule has 1 amide bonds. The Balaban J connectivity index is 1.83. The summed E-state index contributed by atoms with van der Waals surface area (Å²) in [5, 5.41) is 4.76. The minimum Gasteiger partial charge on any atom is -0.350 e. The van der Waals surface area contributed by atoms with E-state index in [1.54, 1.807) is 5.51 Å². The maximum atomic E-state index is 11.6. The van der Waals surface area contributed by atoms with Gasteiger partial charge in [0.25, 0.3) is 0 Å². The first-order valence-corrected chi connectivity index (χ1v) is 6.55. The summed E-state index contributed by atoms with van der Waals surface area (Å²) in [6.07, 6.45) is 0.387. The van der Waals surface area contributed by atoms with E-state index in [0.29, 0.717) is 13.0 Å². The maximum absolute atomic E-state index is 11.6. The summed E-state index contributed by atoms with van der Waals surface area (Å²) >= 11 is 5.72. The molecule has 2 aromatic rings. The Morgan fingerprint density at radius 2 is 2.12 bits per heavy atom. The Morgan fingerprint density at radius 3 is 2.76 bits per heavy atom. The molecule has 0 aliphatic heterocycles. The van der Waals surface area contributed by atoms with Gasteiger partial charge < -0.3 is 5.32 Å². The van der Waals surface area contributed by atoms with E-state index < -0.39 is 0 Å². The van der Waals surface area contributed by atoms with Crippen LogP contribution in [0.2, 0.25) is 0 Å². The van der Waals surface area contributed by atoms with E-state index in [1.807, 2.05) is 29.6 Å². The fourth-order valence-electron chi connectivity index (χ4n) is 1.38. The van der Waals surface area contributed by atoms with Crippen LogP contribution >= 0.6 is 24.0 Å². The second-order valence-corrected chi connectivity index (χ2v) is 4.83. The predicted octanol–water partition coefficient (Wildman–Crippen LogP) is 2.29. The van der Waals surface area contributed by atoms with Crippen LogP contribution in [0.25, 0.3) is 0 Å². The van der Waals surface area contributed by atoms with Crippen LogP contribution in [-0.4, -0.2) is 10.9 Å². The van der Waals surface area contributed by atoms with Crippen molar-refractivity contribution in [3.63, 3.8) is 0 Å². The van der Waals surface area contributed by atoms with E-state index in [1.165, 1.54) is 11.3 Å². The molecule has 0 bridgehead atoms. The number of thiazole rings is 1. The normalized spacial score (nSPS) is 10.2. The molecule has 0 atom stereocenters. The van der Waals surface area contributed by atoms with Crippen LogP contribution in [-0.2, 0) is 17.8 Å². The molecule has 0 saturated heterocycles. The molecule has 5 heteroatoms. The maximum Gasteiger partial charge on any atom is 0.224 e. The van der Waals surface area contributed by atoms with E-state index in [9.17, 15) is 4.79 Å². The molecule has 0 fully saturated rings. The molecule has 1 N–H and O–H groups in total. The van der Waals surface area contributed by atoms with Crippen molar-refractivity contribution in [3.05, 3.63) is 46.4 Å². The average molecular weight is 264 g/mol. The minimum absolute atomic E-state index is 0.00455. The number of amides is 1. The standard InChI is InChI=1S/C12H12N2OS2/c15-12(13-6-10-7-17-8-14-10)5-9-1-3-11(16)4-2-9/h1-4,7-8,16H,5-6H2,(H,13,15). The van der Waals surface area contributed by atoms with Gasteiger partial charge in [-0.3, -0.25) is 4.79 Å². The van der Waals surface area contributed by atoms with Gasteiger partial charge in [-0.25, -0.2) is 4.98 Å². The number of hydrogen-bond donors (Lipinski definition) is 2. The molecule has 17 heavy (non-hydrogen) atoms. The van der Waals surface area contributed by atoms with E-state index >= 15 is 0 Å². The number of thiol groups is 1. The van der Waals surface area contributed by atoms with Gasteiger partial charge in [0, 0.05) is 10.3 Å². The molecule has 0 radical (unpaired) electrons. The summed E-state index contributed by atoms with van der Waals surface area (Å²) in [4.78, 5) is 16.6. The smallest absolute Gasteiger partial charge is 0.224 e. The number of carbonyl (C=O) groups excluding carboxylic acids is 1. The molecule has 3 nitrogen and oxygen atoms in total. The first kappa shape index (κ1) is 12.1. The SMILES string of the molecule is O=C(Cc1ccc(S)cc1)NCc1cscn1. The largest absolute Gasteiger partial charge is 0.350 e. The number of carbonyl (C=O) groups is 1. The van der Waals surface area contributed by atoms with Crippen molar-refractivity contribution >= 4 is 29.9 Å². The lowest BCUT2D eigenvalue weighted by molar-refractivity contribution is -0.120.